The molecule has 6 nitrogen and oxygen atoms in total. The minimum absolute atomic E-state index is 0.0598. The Morgan fingerprint density at radius 1 is 0.195 bits per heavy atom. The standard InChI is InChI=1S/C76H148O6/c1-4-7-10-13-16-19-22-25-28-31-33-35-36-37-38-39-40-41-42-44-45-48-51-54-57-60-63-66-69-75(78)81-72-73(71-80-74(77)68-65-62-59-56-53-50-47-30-27-24-21-18-15-12-9-6-3)82-76(79)70-67-64-61-58-55-52-49-46-43-34-32-29-26-23-20-17-14-11-8-5-2/h73H,4-72H2,1-3H3. The summed E-state index contributed by atoms with van der Waals surface area (Å²) in [5.41, 5.74) is 0. The molecule has 0 aliphatic rings. The summed E-state index contributed by atoms with van der Waals surface area (Å²) >= 11 is 0. The number of unbranched alkanes of at least 4 members (excludes halogenated alkanes) is 61. The second kappa shape index (κ2) is 71.9. The molecule has 0 fully saturated rings. The molecule has 0 aromatic heterocycles. The van der Waals surface area contributed by atoms with Gasteiger partial charge in [0, 0.05) is 19.3 Å². The van der Waals surface area contributed by atoms with Crippen LogP contribution in [0.2, 0.25) is 0 Å². The molecule has 0 heterocycles. The van der Waals surface area contributed by atoms with Crippen molar-refractivity contribution in [2.45, 2.75) is 457 Å². The lowest BCUT2D eigenvalue weighted by molar-refractivity contribution is -0.167. The number of esters is 3. The molecule has 1 atom stereocenters. The highest BCUT2D eigenvalue weighted by molar-refractivity contribution is 5.71. The summed E-state index contributed by atoms with van der Waals surface area (Å²) in [7, 11) is 0. The molecule has 0 saturated heterocycles. The van der Waals surface area contributed by atoms with E-state index >= 15 is 0 Å². The maximum absolute atomic E-state index is 13.0. The van der Waals surface area contributed by atoms with Gasteiger partial charge in [-0.1, -0.05) is 412 Å². The van der Waals surface area contributed by atoms with Gasteiger partial charge in [-0.15, -0.1) is 0 Å². The molecule has 0 aliphatic heterocycles. The lowest BCUT2D eigenvalue weighted by Crippen LogP contribution is -2.30. The zero-order chi connectivity index (χ0) is 59.2. The van der Waals surface area contributed by atoms with Crippen molar-refractivity contribution in [1.29, 1.82) is 0 Å². The van der Waals surface area contributed by atoms with Gasteiger partial charge in [-0.25, -0.2) is 0 Å². The lowest BCUT2D eigenvalue weighted by Gasteiger charge is -2.18. The molecule has 0 saturated carbocycles. The van der Waals surface area contributed by atoms with E-state index in [1.165, 1.54) is 353 Å². The van der Waals surface area contributed by atoms with E-state index < -0.39 is 6.10 Å². The van der Waals surface area contributed by atoms with E-state index in [2.05, 4.69) is 20.8 Å². The van der Waals surface area contributed by atoms with Gasteiger partial charge in [0.05, 0.1) is 0 Å². The van der Waals surface area contributed by atoms with Gasteiger partial charge in [0.15, 0.2) is 6.10 Å². The first-order valence-electron chi connectivity index (χ1n) is 38.0. The Morgan fingerprint density at radius 3 is 0.488 bits per heavy atom. The number of rotatable bonds is 72. The number of ether oxygens (including phenoxy) is 3. The maximum atomic E-state index is 13.0. The predicted octanol–water partition coefficient (Wildman–Crippen LogP) is 26.2. The molecular weight excluding hydrogens is 1010 g/mol. The van der Waals surface area contributed by atoms with Gasteiger partial charge in [0.2, 0.25) is 0 Å². The monoisotopic (exact) mass is 1160 g/mol. The largest absolute Gasteiger partial charge is 0.462 e. The SMILES string of the molecule is CCCCCCCCCCCCCCCCCCCCCCCCCCCCCCC(=O)OCC(COC(=O)CCCCCCCCCCCCCCCCCC)OC(=O)CCCCCCCCCCCCCCCCCCCCCC. The fourth-order valence-corrected chi connectivity index (χ4v) is 12.2. The summed E-state index contributed by atoms with van der Waals surface area (Å²) in [6.45, 7) is 6.76. The van der Waals surface area contributed by atoms with E-state index in [-0.39, 0.29) is 31.1 Å². The van der Waals surface area contributed by atoms with Gasteiger partial charge in [0.25, 0.3) is 0 Å². The van der Waals surface area contributed by atoms with E-state index in [0.29, 0.717) is 19.3 Å². The average Bonchev–Trinajstić information content (AvgIpc) is 3.47. The van der Waals surface area contributed by atoms with Crippen molar-refractivity contribution in [2.75, 3.05) is 13.2 Å². The first-order chi connectivity index (χ1) is 40.5. The van der Waals surface area contributed by atoms with Crippen molar-refractivity contribution in [3.63, 3.8) is 0 Å². The minimum atomic E-state index is -0.764. The first kappa shape index (κ1) is 80.4. The molecule has 1 unspecified atom stereocenters. The highest BCUT2D eigenvalue weighted by Crippen LogP contribution is 2.20. The van der Waals surface area contributed by atoms with Crippen molar-refractivity contribution in [1.82, 2.24) is 0 Å². The van der Waals surface area contributed by atoms with Crippen LogP contribution in [0.4, 0.5) is 0 Å². The molecule has 0 spiro atoms. The second-order valence-electron chi connectivity index (χ2n) is 26.3. The zero-order valence-corrected chi connectivity index (χ0v) is 56.3. The molecule has 0 aromatic rings. The van der Waals surface area contributed by atoms with Crippen LogP contribution in [0.1, 0.15) is 451 Å². The Bertz CT molecular complexity index is 1240. The molecule has 6 heteroatoms. The van der Waals surface area contributed by atoms with Crippen molar-refractivity contribution < 1.29 is 28.6 Å². The second-order valence-corrected chi connectivity index (χ2v) is 26.3. The highest BCUT2D eigenvalue weighted by atomic mass is 16.6. The van der Waals surface area contributed by atoms with Crippen molar-refractivity contribution in [3.05, 3.63) is 0 Å². The Hall–Kier alpha value is -1.59. The average molecular weight is 1160 g/mol. The third-order valence-corrected chi connectivity index (χ3v) is 17.9. The number of carbonyl (C=O) groups excluding carboxylic acids is 3. The van der Waals surface area contributed by atoms with Gasteiger partial charge in [0.1, 0.15) is 13.2 Å². The molecule has 0 radical (unpaired) electrons. The third-order valence-electron chi connectivity index (χ3n) is 17.9. The summed E-state index contributed by atoms with van der Waals surface area (Å²) in [5.74, 6) is -0.815. The molecule has 82 heavy (non-hydrogen) atoms. The molecule has 0 N–H and O–H groups in total. The first-order valence-corrected chi connectivity index (χ1v) is 38.0. The van der Waals surface area contributed by atoms with E-state index in [4.69, 9.17) is 14.2 Å². The van der Waals surface area contributed by atoms with Gasteiger partial charge in [-0.05, 0) is 19.3 Å². The normalized spacial score (nSPS) is 11.9. The number of hydrogen-bond acceptors (Lipinski definition) is 6. The quantitative estimate of drug-likeness (QED) is 0.0343. The van der Waals surface area contributed by atoms with E-state index in [0.717, 1.165) is 57.8 Å². The molecule has 0 aromatic carbocycles. The van der Waals surface area contributed by atoms with Gasteiger partial charge in [-0.2, -0.15) is 0 Å². The fraction of sp³-hybridized carbons (Fsp3) is 0.961. The van der Waals surface area contributed by atoms with Crippen LogP contribution in [0.25, 0.3) is 0 Å². The summed E-state index contributed by atoms with van der Waals surface area (Å²) in [5, 5.41) is 0. The highest BCUT2D eigenvalue weighted by Gasteiger charge is 2.20. The van der Waals surface area contributed by atoms with Gasteiger partial charge in [-0.3, -0.25) is 14.4 Å². The molecule has 0 aliphatic carbocycles. The fourth-order valence-electron chi connectivity index (χ4n) is 12.2. The van der Waals surface area contributed by atoms with E-state index in [9.17, 15) is 14.4 Å². The van der Waals surface area contributed by atoms with Crippen molar-refractivity contribution >= 4 is 17.9 Å². The predicted molar refractivity (Wildman–Crippen MR) is 358 cm³/mol. The zero-order valence-electron chi connectivity index (χ0n) is 56.3. The third kappa shape index (κ3) is 69.2. The number of carbonyl (C=O) groups is 3. The topological polar surface area (TPSA) is 78.9 Å². The van der Waals surface area contributed by atoms with Crippen LogP contribution in [0.3, 0.4) is 0 Å². The molecule has 488 valence electrons. The molecule has 0 rings (SSSR count). The van der Waals surface area contributed by atoms with Gasteiger partial charge >= 0.3 is 17.9 Å². The van der Waals surface area contributed by atoms with Crippen LogP contribution >= 0.6 is 0 Å². The van der Waals surface area contributed by atoms with Crippen molar-refractivity contribution in [2.24, 2.45) is 0 Å². The van der Waals surface area contributed by atoms with Gasteiger partial charge < -0.3 is 14.2 Å². The van der Waals surface area contributed by atoms with Crippen LogP contribution in [0.5, 0.6) is 0 Å². The maximum Gasteiger partial charge on any atom is 0.306 e. The summed E-state index contributed by atoms with van der Waals surface area (Å²) in [6.07, 6.45) is 85.8. The summed E-state index contributed by atoms with van der Waals surface area (Å²) < 4.78 is 17.1. The molecule has 0 bridgehead atoms. The minimum Gasteiger partial charge on any atom is -0.462 e. The smallest absolute Gasteiger partial charge is 0.306 e. The Labute approximate surface area is 514 Å². The molecular formula is C76H148O6. The lowest BCUT2D eigenvalue weighted by atomic mass is 10.0. The van der Waals surface area contributed by atoms with Crippen LogP contribution in [-0.2, 0) is 28.6 Å². The summed E-state index contributed by atoms with van der Waals surface area (Å²) in [6, 6.07) is 0. The summed E-state index contributed by atoms with van der Waals surface area (Å²) in [4.78, 5) is 38.5. The van der Waals surface area contributed by atoms with Crippen molar-refractivity contribution in [3.8, 4) is 0 Å². The number of hydrogen-bond donors (Lipinski definition) is 0. The van der Waals surface area contributed by atoms with Crippen LogP contribution in [0.15, 0.2) is 0 Å². The van der Waals surface area contributed by atoms with Crippen LogP contribution in [-0.4, -0.2) is 37.2 Å². The van der Waals surface area contributed by atoms with E-state index in [1.807, 2.05) is 0 Å². The van der Waals surface area contributed by atoms with E-state index in [1.54, 1.807) is 0 Å². The Balaban J connectivity index is 4.19. The van der Waals surface area contributed by atoms with Crippen LogP contribution < -0.4 is 0 Å². The molecule has 0 amide bonds. The Kier molecular flexibility index (Phi) is 70.5. The Morgan fingerprint density at radius 2 is 0.329 bits per heavy atom. The van der Waals surface area contributed by atoms with Crippen LogP contribution in [0, 0.1) is 0 Å².